The highest BCUT2D eigenvalue weighted by atomic mass is 16.6. The SMILES string of the molecule is CC1CC(N2CCCC2C)C(=O)O1. The summed E-state index contributed by atoms with van der Waals surface area (Å²) in [6.07, 6.45) is 3.44. The Bertz CT molecular complexity index is 217. The fourth-order valence-electron chi connectivity index (χ4n) is 2.42. The van der Waals surface area contributed by atoms with Crippen LogP contribution in [-0.4, -0.2) is 35.6 Å². The average molecular weight is 183 g/mol. The van der Waals surface area contributed by atoms with Gasteiger partial charge in [0.1, 0.15) is 12.1 Å². The molecular formula is C10H17NO2. The molecule has 2 heterocycles. The maximum Gasteiger partial charge on any atom is 0.323 e. The van der Waals surface area contributed by atoms with Crippen LogP contribution in [0, 0.1) is 0 Å². The van der Waals surface area contributed by atoms with Gasteiger partial charge in [0.15, 0.2) is 0 Å². The summed E-state index contributed by atoms with van der Waals surface area (Å²) in [4.78, 5) is 13.8. The van der Waals surface area contributed by atoms with E-state index in [2.05, 4.69) is 11.8 Å². The van der Waals surface area contributed by atoms with E-state index in [1.54, 1.807) is 0 Å². The van der Waals surface area contributed by atoms with Gasteiger partial charge in [0.05, 0.1) is 0 Å². The number of rotatable bonds is 1. The van der Waals surface area contributed by atoms with E-state index >= 15 is 0 Å². The van der Waals surface area contributed by atoms with Crippen LogP contribution in [0.1, 0.15) is 33.1 Å². The van der Waals surface area contributed by atoms with E-state index < -0.39 is 0 Å². The lowest BCUT2D eigenvalue weighted by molar-refractivity contribution is -0.144. The minimum Gasteiger partial charge on any atom is -0.461 e. The van der Waals surface area contributed by atoms with Crippen LogP contribution < -0.4 is 0 Å². The second-order valence-electron chi connectivity index (χ2n) is 4.23. The van der Waals surface area contributed by atoms with Crippen molar-refractivity contribution in [1.82, 2.24) is 4.90 Å². The molecule has 13 heavy (non-hydrogen) atoms. The normalized spacial score (nSPS) is 41.1. The molecule has 3 heteroatoms. The van der Waals surface area contributed by atoms with Gasteiger partial charge in [0, 0.05) is 12.5 Å². The van der Waals surface area contributed by atoms with Crippen LogP contribution in [0.15, 0.2) is 0 Å². The Hall–Kier alpha value is -0.570. The van der Waals surface area contributed by atoms with Gasteiger partial charge >= 0.3 is 5.97 Å². The van der Waals surface area contributed by atoms with Gasteiger partial charge in [-0.25, -0.2) is 0 Å². The number of esters is 1. The molecule has 3 atom stereocenters. The standard InChI is InChI=1S/C10H17NO2/c1-7-4-3-5-11(7)9-6-8(2)13-10(9)12/h7-9H,3-6H2,1-2H3. The fourth-order valence-corrected chi connectivity index (χ4v) is 2.42. The summed E-state index contributed by atoms with van der Waals surface area (Å²) in [6, 6.07) is 0.607. The summed E-state index contributed by atoms with van der Waals surface area (Å²) >= 11 is 0. The number of carbonyl (C=O) groups excluding carboxylic acids is 1. The largest absolute Gasteiger partial charge is 0.461 e. The van der Waals surface area contributed by atoms with Crippen LogP contribution in [0.2, 0.25) is 0 Å². The predicted octanol–water partition coefficient (Wildman–Crippen LogP) is 1.17. The molecule has 2 rings (SSSR count). The van der Waals surface area contributed by atoms with Crippen molar-refractivity contribution in [3.8, 4) is 0 Å². The lowest BCUT2D eigenvalue weighted by atomic mass is 10.1. The summed E-state index contributed by atoms with van der Waals surface area (Å²) < 4.78 is 5.15. The Balaban J connectivity index is 2.04. The first-order valence-corrected chi connectivity index (χ1v) is 5.14. The van der Waals surface area contributed by atoms with Crippen molar-refractivity contribution in [2.24, 2.45) is 0 Å². The van der Waals surface area contributed by atoms with Gasteiger partial charge in [-0.3, -0.25) is 9.69 Å². The van der Waals surface area contributed by atoms with Crippen molar-refractivity contribution >= 4 is 5.97 Å². The average Bonchev–Trinajstić information content (AvgIpc) is 2.58. The van der Waals surface area contributed by atoms with Crippen molar-refractivity contribution in [3.05, 3.63) is 0 Å². The predicted molar refractivity (Wildman–Crippen MR) is 49.4 cm³/mol. The molecule has 0 spiro atoms. The second kappa shape index (κ2) is 3.29. The summed E-state index contributed by atoms with van der Waals surface area (Å²) in [5.41, 5.74) is 0. The maximum atomic E-state index is 11.5. The Morgan fingerprint density at radius 2 is 2.23 bits per heavy atom. The van der Waals surface area contributed by atoms with Crippen molar-refractivity contribution in [1.29, 1.82) is 0 Å². The summed E-state index contributed by atoms with van der Waals surface area (Å²) in [5.74, 6) is -0.0127. The number of cyclic esters (lactones) is 1. The highest BCUT2D eigenvalue weighted by Gasteiger charge is 2.39. The molecule has 3 unspecified atom stereocenters. The summed E-state index contributed by atoms with van der Waals surface area (Å²) in [7, 11) is 0. The zero-order chi connectivity index (χ0) is 9.42. The zero-order valence-corrected chi connectivity index (χ0v) is 8.32. The van der Waals surface area contributed by atoms with E-state index in [0.29, 0.717) is 6.04 Å². The Morgan fingerprint density at radius 1 is 1.46 bits per heavy atom. The molecule has 0 saturated carbocycles. The first-order valence-electron chi connectivity index (χ1n) is 5.14. The highest BCUT2D eigenvalue weighted by Crippen LogP contribution is 2.27. The minimum atomic E-state index is -0.0127. The number of nitrogens with zero attached hydrogens (tertiary/aromatic N) is 1. The Kier molecular flexibility index (Phi) is 2.28. The van der Waals surface area contributed by atoms with Gasteiger partial charge in [0.25, 0.3) is 0 Å². The highest BCUT2D eigenvalue weighted by molar-refractivity contribution is 5.78. The van der Waals surface area contributed by atoms with Crippen molar-refractivity contribution < 1.29 is 9.53 Å². The van der Waals surface area contributed by atoms with E-state index in [4.69, 9.17) is 4.74 Å². The number of hydrogen-bond acceptors (Lipinski definition) is 3. The Labute approximate surface area is 79.0 Å². The van der Waals surface area contributed by atoms with Crippen LogP contribution >= 0.6 is 0 Å². The molecule has 0 bridgehead atoms. The van der Waals surface area contributed by atoms with Crippen molar-refractivity contribution in [2.75, 3.05) is 6.54 Å². The number of hydrogen-bond donors (Lipinski definition) is 0. The molecule has 0 aromatic rings. The molecule has 0 aromatic carbocycles. The van der Waals surface area contributed by atoms with Gasteiger partial charge in [-0.1, -0.05) is 0 Å². The van der Waals surface area contributed by atoms with E-state index in [9.17, 15) is 4.79 Å². The van der Waals surface area contributed by atoms with Crippen molar-refractivity contribution in [3.63, 3.8) is 0 Å². The zero-order valence-electron chi connectivity index (χ0n) is 8.32. The molecule has 2 aliphatic rings. The molecule has 0 amide bonds. The van der Waals surface area contributed by atoms with Crippen LogP contribution in [0.25, 0.3) is 0 Å². The third-order valence-electron chi connectivity index (χ3n) is 3.15. The summed E-state index contributed by atoms with van der Waals surface area (Å²) in [6.45, 7) is 5.23. The molecular weight excluding hydrogens is 166 g/mol. The van der Waals surface area contributed by atoms with Gasteiger partial charge < -0.3 is 4.74 Å². The van der Waals surface area contributed by atoms with E-state index in [1.165, 1.54) is 12.8 Å². The molecule has 3 nitrogen and oxygen atoms in total. The number of ether oxygens (including phenoxy) is 1. The molecule has 2 fully saturated rings. The summed E-state index contributed by atoms with van der Waals surface area (Å²) in [5, 5.41) is 0. The van der Waals surface area contributed by atoms with E-state index in [0.717, 1.165) is 13.0 Å². The lowest BCUT2D eigenvalue weighted by Crippen LogP contribution is -2.40. The van der Waals surface area contributed by atoms with Gasteiger partial charge in [-0.05, 0) is 33.2 Å². The quantitative estimate of drug-likeness (QED) is 0.572. The molecule has 74 valence electrons. The lowest BCUT2D eigenvalue weighted by Gasteiger charge is -2.24. The first-order chi connectivity index (χ1) is 6.18. The molecule has 0 aliphatic carbocycles. The Morgan fingerprint density at radius 3 is 2.69 bits per heavy atom. The third-order valence-corrected chi connectivity index (χ3v) is 3.15. The first kappa shape index (κ1) is 9.00. The topological polar surface area (TPSA) is 29.5 Å². The molecule has 0 N–H and O–H groups in total. The van der Waals surface area contributed by atoms with E-state index in [1.807, 2.05) is 6.92 Å². The maximum absolute atomic E-state index is 11.5. The van der Waals surface area contributed by atoms with E-state index in [-0.39, 0.29) is 18.1 Å². The third kappa shape index (κ3) is 1.57. The van der Waals surface area contributed by atoms with Crippen LogP contribution in [0.3, 0.4) is 0 Å². The van der Waals surface area contributed by atoms with Crippen LogP contribution in [0.5, 0.6) is 0 Å². The van der Waals surface area contributed by atoms with Crippen LogP contribution in [0.4, 0.5) is 0 Å². The molecule has 2 saturated heterocycles. The second-order valence-corrected chi connectivity index (χ2v) is 4.23. The molecule has 2 aliphatic heterocycles. The van der Waals surface area contributed by atoms with Crippen LogP contribution in [-0.2, 0) is 9.53 Å². The van der Waals surface area contributed by atoms with Gasteiger partial charge in [0.2, 0.25) is 0 Å². The minimum absolute atomic E-state index is 0.0127. The fraction of sp³-hybridized carbons (Fsp3) is 0.900. The number of carbonyl (C=O) groups is 1. The monoisotopic (exact) mass is 183 g/mol. The number of likely N-dealkylation sites (tertiary alicyclic amines) is 1. The van der Waals surface area contributed by atoms with Gasteiger partial charge in [-0.15, -0.1) is 0 Å². The van der Waals surface area contributed by atoms with Crippen molar-refractivity contribution in [2.45, 2.75) is 51.3 Å². The smallest absolute Gasteiger partial charge is 0.323 e. The molecule has 0 aromatic heterocycles. The van der Waals surface area contributed by atoms with Gasteiger partial charge in [-0.2, -0.15) is 0 Å². The molecule has 0 radical (unpaired) electrons.